The summed E-state index contributed by atoms with van der Waals surface area (Å²) in [5, 5.41) is 0.634. The van der Waals surface area contributed by atoms with Gasteiger partial charge in [0.15, 0.2) is 0 Å². The van der Waals surface area contributed by atoms with Crippen LogP contribution in [0.4, 0.5) is 0 Å². The summed E-state index contributed by atoms with van der Waals surface area (Å²) < 4.78 is 1.87. The number of nitrogens with zero attached hydrogens (tertiary/aromatic N) is 3. The van der Waals surface area contributed by atoms with Gasteiger partial charge in [0.05, 0.1) is 23.5 Å². The number of amides is 1. The Labute approximate surface area is 104 Å². The Balaban J connectivity index is 2.33. The summed E-state index contributed by atoms with van der Waals surface area (Å²) in [6.45, 7) is 3.92. The highest BCUT2D eigenvalue weighted by Crippen LogP contribution is 2.14. The maximum absolute atomic E-state index is 11.4. The summed E-state index contributed by atoms with van der Waals surface area (Å²) in [5.41, 5.74) is 1.71. The second-order valence-corrected chi connectivity index (χ2v) is 4.16. The van der Waals surface area contributed by atoms with E-state index in [4.69, 9.17) is 11.6 Å². The highest BCUT2D eigenvalue weighted by Gasteiger charge is 2.09. The molecule has 0 N–H and O–H groups in total. The number of hydrogen-bond donors (Lipinski definition) is 0. The van der Waals surface area contributed by atoms with E-state index in [1.54, 1.807) is 30.4 Å². The molecule has 0 saturated heterocycles. The number of carbonyl (C=O) groups excluding carboxylic acids is 1. The summed E-state index contributed by atoms with van der Waals surface area (Å²) in [7, 11) is 1.72. The molecule has 17 heavy (non-hydrogen) atoms. The Morgan fingerprint density at radius 2 is 2.41 bits per heavy atom. The van der Waals surface area contributed by atoms with Crippen LogP contribution >= 0.6 is 11.6 Å². The molecule has 0 fully saturated rings. The molecule has 0 aliphatic carbocycles. The van der Waals surface area contributed by atoms with Gasteiger partial charge in [-0.1, -0.05) is 18.2 Å². The van der Waals surface area contributed by atoms with Crippen LogP contribution in [0.3, 0.4) is 0 Å². The van der Waals surface area contributed by atoms with Crippen LogP contribution in [-0.2, 0) is 11.3 Å². The number of halogens is 1. The second kappa shape index (κ2) is 4.59. The first-order chi connectivity index (χ1) is 8.11. The predicted octanol–water partition coefficient (Wildman–Crippen LogP) is 2.13. The zero-order valence-electron chi connectivity index (χ0n) is 9.43. The normalized spacial score (nSPS) is 10.5. The van der Waals surface area contributed by atoms with Crippen molar-refractivity contribution in [1.82, 2.24) is 14.3 Å². The molecule has 5 heteroatoms. The number of carbonyl (C=O) groups is 1. The van der Waals surface area contributed by atoms with Crippen LogP contribution in [0.5, 0.6) is 0 Å². The highest BCUT2D eigenvalue weighted by atomic mass is 35.5. The van der Waals surface area contributed by atoms with Crippen LogP contribution in [0.1, 0.15) is 5.69 Å². The minimum absolute atomic E-state index is 0.123. The summed E-state index contributed by atoms with van der Waals surface area (Å²) in [5.74, 6) is -0.123. The van der Waals surface area contributed by atoms with Gasteiger partial charge in [0.25, 0.3) is 0 Å². The SMILES string of the molecule is C=CC(=O)N(C)Cc1cnc2ccc(Cl)cn12. The molecule has 88 valence electrons. The van der Waals surface area contributed by atoms with Gasteiger partial charge in [-0.05, 0) is 18.2 Å². The summed E-state index contributed by atoms with van der Waals surface area (Å²) >= 11 is 5.93. The van der Waals surface area contributed by atoms with Gasteiger partial charge in [-0.25, -0.2) is 4.98 Å². The van der Waals surface area contributed by atoms with Crippen molar-refractivity contribution in [3.63, 3.8) is 0 Å². The molecule has 0 aromatic carbocycles. The molecule has 1 amide bonds. The molecule has 0 radical (unpaired) electrons. The van der Waals surface area contributed by atoms with E-state index in [9.17, 15) is 4.79 Å². The van der Waals surface area contributed by atoms with Gasteiger partial charge < -0.3 is 9.30 Å². The van der Waals surface area contributed by atoms with Gasteiger partial charge in [-0.15, -0.1) is 0 Å². The third kappa shape index (κ3) is 2.31. The lowest BCUT2D eigenvalue weighted by atomic mass is 10.4. The van der Waals surface area contributed by atoms with Crippen molar-refractivity contribution in [3.8, 4) is 0 Å². The summed E-state index contributed by atoms with van der Waals surface area (Å²) in [6, 6.07) is 3.62. The van der Waals surface area contributed by atoms with Gasteiger partial charge in [0.2, 0.25) is 5.91 Å². The first-order valence-corrected chi connectivity index (χ1v) is 5.48. The monoisotopic (exact) mass is 249 g/mol. The molecule has 0 bridgehead atoms. The number of fused-ring (bicyclic) bond motifs is 1. The minimum Gasteiger partial charge on any atom is -0.336 e. The molecule has 0 atom stereocenters. The average molecular weight is 250 g/mol. The van der Waals surface area contributed by atoms with Crippen molar-refractivity contribution >= 4 is 23.2 Å². The van der Waals surface area contributed by atoms with Gasteiger partial charge in [0, 0.05) is 13.2 Å². The fourth-order valence-corrected chi connectivity index (χ4v) is 1.76. The minimum atomic E-state index is -0.123. The lowest BCUT2D eigenvalue weighted by molar-refractivity contribution is -0.125. The molecule has 4 nitrogen and oxygen atoms in total. The Hall–Kier alpha value is -1.81. The van der Waals surface area contributed by atoms with E-state index in [1.807, 2.05) is 10.5 Å². The van der Waals surface area contributed by atoms with Crippen LogP contribution in [0, 0.1) is 0 Å². The third-order valence-corrected chi connectivity index (χ3v) is 2.72. The molecule has 0 aliphatic rings. The van der Waals surface area contributed by atoms with Gasteiger partial charge in [0.1, 0.15) is 5.65 Å². The van der Waals surface area contributed by atoms with E-state index >= 15 is 0 Å². The van der Waals surface area contributed by atoms with Crippen molar-refractivity contribution in [2.45, 2.75) is 6.54 Å². The molecule has 2 aromatic rings. The molecule has 2 heterocycles. The Morgan fingerprint density at radius 1 is 1.65 bits per heavy atom. The van der Waals surface area contributed by atoms with Crippen molar-refractivity contribution in [1.29, 1.82) is 0 Å². The number of imidazole rings is 1. The van der Waals surface area contributed by atoms with Crippen molar-refractivity contribution in [2.75, 3.05) is 7.05 Å². The van der Waals surface area contributed by atoms with Crippen LogP contribution in [-0.4, -0.2) is 27.2 Å². The van der Waals surface area contributed by atoms with Gasteiger partial charge >= 0.3 is 0 Å². The van der Waals surface area contributed by atoms with E-state index in [-0.39, 0.29) is 5.91 Å². The van der Waals surface area contributed by atoms with E-state index < -0.39 is 0 Å². The Morgan fingerprint density at radius 3 is 3.12 bits per heavy atom. The van der Waals surface area contributed by atoms with E-state index in [0.717, 1.165) is 11.3 Å². The first kappa shape index (κ1) is 11.7. The van der Waals surface area contributed by atoms with E-state index in [2.05, 4.69) is 11.6 Å². The van der Waals surface area contributed by atoms with Crippen molar-refractivity contribution < 1.29 is 4.79 Å². The molecular formula is C12H12ClN3O. The van der Waals surface area contributed by atoms with Gasteiger partial charge in [-0.3, -0.25) is 4.79 Å². The number of rotatable bonds is 3. The Kier molecular flexibility index (Phi) is 3.15. The fourth-order valence-electron chi connectivity index (χ4n) is 1.60. The molecule has 0 aliphatic heterocycles. The molecule has 2 rings (SSSR count). The summed E-state index contributed by atoms with van der Waals surface area (Å²) in [4.78, 5) is 17.2. The molecular weight excluding hydrogens is 238 g/mol. The molecule has 2 aromatic heterocycles. The fraction of sp³-hybridized carbons (Fsp3) is 0.167. The smallest absolute Gasteiger partial charge is 0.246 e. The van der Waals surface area contributed by atoms with Crippen LogP contribution < -0.4 is 0 Å². The van der Waals surface area contributed by atoms with Crippen LogP contribution in [0.15, 0.2) is 37.2 Å². The third-order valence-electron chi connectivity index (χ3n) is 2.50. The topological polar surface area (TPSA) is 37.6 Å². The van der Waals surface area contributed by atoms with Crippen molar-refractivity contribution in [2.24, 2.45) is 0 Å². The van der Waals surface area contributed by atoms with Crippen molar-refractivity contribution in [3.05, 3.63) is 47.9 Å². The predicted molar refractivity (Wildman–Crippen MR) is 66.9 cm³/mol. The zero-order chi connectivity index (χ0) is 12.4. The quantitative estimate of drug-likeness (QED) is 0.782. The second-order valence-electron chi connectivity index (χ2n) is 3.72. The maximum atomic E-state index is 11.4. The lowest BCUT2D eigenvalue weighted by Gasteiger charge is -2.14. The highest BCUT2D eigenvalue weighted by molar-refractivity contribution is 6.30. The van der Waals surface area contributed by atoms with Gasteiger partial charge in [-0.2, -0.15) is 0 Å². The molecule has 0 spiro atoms. The molecule has 0 saturated carbocycles. The standard InChI is InChI=1S/C12H12ClN3O/c1-3-12(17)15(2)8-10-6-14-11-5-4-9(13)7-16(10)11/h3-7H,1,8H2,2H3. The molecule has 0 unspecified atom stereocenters. The van der Waals surface area contributed by atoms with Crippen LogP contribution in [0.25, 0.3) is 5.65 Å². The summed E-state index contributed by atoms with van der Waals surface area (Å²) in [6.07, 6.45) is 4.81. The largest absolute Gasteiger partial charge is 0.336 e. The van der Waals surface area contributed by atoms with Crippen LogP contribution in [0.2, 0.25) is 5.02 Å². The first-order valence-electron chi connectivity index (χ1n) is 5.11. The number of hydrogen-bond acceptors (Lipinski definition) is 2. The number of pyridine rings is 1. The average Bonchev–Trinajstić information content (AvgIpc) is 2.71. The van der Waals surface area contributed by atoms with E-state index in [1.165, 1.54) is 6.08 Å². The lowest BCUT2D eigenvalue weighted by Crippen LogP contribution is -2.24. The van der Waals surface area contributed by atoms with E-state index in [0.29, 0.717) is 11.6 Å². The zero-order valence-corrected chi connectivity index (χ0v) is 10.2. The maximum Gasteiger partial charge on any atom is 0.246 e. The number of aromatic nitrogens is 2. The number of likely N-dealkylation sites (N-methyl/N-ethyl adjacent to an activating group) is 1. The Bertz CT molecular complexity index is 576.